The van der Waals surface area contributed by atoms with Gasteiger partial charge in [0.1, 0.15) is 0 Å². The standard InChI is InChI=1S/C20H30N2/c1-19(11-6-3-7-12-19)16-14-20(2,13-10-18(16)22)15-8-4-5-9-17(15)21/h5-6,9,11H,3-4,7-8,10,12-14,21-22H2,1-2H3. The first-order chi connectivity index (χ1) is 10.4. The van der Waals surface area contributed by atoms with E-state index in [-0.39, 0.29) is 10.8 Å². The van der Waals surface area contributed by atoms with Crippen molar-refractivity contribution in [2.45, 2.75) is 65.2 Å². The Hall–Kier alpha value is -1.44. The van der Waals surface area contributed by atoms with Gasteiger partial charge in [0.2, 0.25) is 0 Å². The van der Waals surface area contributed by atoms with E-state index in [1.807, 2.05) is 0 Å². The second-order valence-corrected chi connectivity index (χ2v) is 7.83. The Morgan fingerprint density at radius 3 is 2.45 bits per heavy atom. The Bertz CT molecular complexity index is 579. The van der Waals surface area contributed by atoms with Gasteiger partial charge in [-0.15, -0.1) is 0 Å². The van der Waals surface area contributed by atoms with Gasteiger partial charge in [0.05, 0.1) is 0 Å². The molecule has 0 saturated carbocycles. The maximum Gasteiger partial charge on any atom is 0.0308 e. The average molecular weight is 298 g/mol. The molecule has 0 spiro atoms. The van der Waals surface area contributed by atoms with Gasteiger partial charge in [0.25, 0.3) is 0 Å². The fourth-order valence-electron chi connectivity index (χ4n) is 4.58. The second-order valence-electron chi connectivity index (χ2n) is 7.83. The van der Waals surface area contributed by atoms with Crippen LogP contribution in [0.25, 0.3) is 0 Å². The van der Waals surface area contributed by atoms with Crippen LogP contribution in [-0.4, -0.2) is 0 Å². The fraction of sp³-hybridized carbons (Fsp3) is 0.600. The molecular weight excluding hydrogens is 268 g/mol. The summed E-state index contributed by atoms with van der Waals surface area (Å²) in [5.41, 5.74) is 18.2. The quantitative estimate of drug-likeness (QED) is 0.726. The summed E-state index contributed by atoms with van der Waals surface area (Å²) in [4.78, 5) is 0. The number of allylic oxidation sites excluding steroid dienone is 7. The molecule has 0 aliphatic heterocycles. The van der Waals surface area contributed by atoms with E-state index in [1.54, 1.807) is 0 Å². The molecule has 3 rings (SSSR count). The summed E-state index contributed by atoms with van der Waals surface area (Å²) in [6.07, 6.45) is 18.2. The van der Waals surface area contributed by atoms with E-state index >= 15 is 0 Å². The minimum atomic E-state index is 0.157. The van der Waals surface area contributed by atoms with Gasteiger partial charge in [-0.05, 0) is 74.0 Å². The van der Waals surface area contributed by atoms with Crippen molar-refractivity contribution in [3.63, 3.8) is 0 Å². The van der Waals surface area contributed by atoms with Crippen LogP contribution in [0.4, 0.5) is 0 Å². The molecule has 0 radical (unpaired) electrons. The normalized spacial score (nSPS) is 36.1. The SMILES string of the molecule is CC1(C2=C(N)CCC(C)(C3=C(N)C=CCC3)C2)C=CCCC1. The van der Waals surface area contributed by atoms with E-state index in [1.165, 1.54) is 30.4 Å². The van der Waals surface area contributed by atoms with Gasteiger partial charge < -0.3 is 11.5 Å². The lowest BCUT2D eigenvalue weighted by Crippen LogP contribution is -2.34. The van der Waals surface area contributed by atoms with Crippen LogP contribution < -0.4 is 11.5 Å². The third kappa shape index (κ3) is 2.64. The third-order valence-electron chi connectivity index (χ3n) is 6.08. The molecule has 0 aromatic carbocycles. The van der Waals surface area contributed by atoms with Crippen LogP contribution in [0, 0.1) is 10.8 Å². The first-order valence-corrected chi connectivity index (χ1v) is 8.76. The van der Waals surface area contributed by atoms with Crippen molar-refractivity contribution in [1.29, 1.82) is 0 Å². The first-order valence-electron chi connectivity index (χ1n) is 8.76. The van der Waals surface area contributed by atoms with Gasteiger partial charge in [-0.3, -0.25) is 0 Å². The van der Waals surface area contributed by atoms with Crippen molar-refractivity contribution in [3.8, 4) is 0 Å². The maximum absolute atomic E-state index is 6.46. The highest BCUT2D eigenvalue weighted by Crippen LogP contribution is 2.52. The molecule has 3 aliphatic rings. The number of hydrogen-bond donors (Lipinski definition) is 2. The van der Waals surface area contributed by atoms with Gasteiger partial charge in [-0.2, -0.15) is 0 Å². The van der Waals surface area contributed by atoms with Crippen molar-refractivity contribution in [2.75, 3.05) is 0 Å². The molecule has 0 aromatic heterocycles. The highest BCUT2D eigenvalue weighted by Gasteiger charge is 2.40. The lowest BCUT2D eigenvalue weighted by molar-refractivity contribution is 0.284. The van der Waals surface area contributed by atoms with Crippen LogP contribution in [-0.2, 0) is 0 Å². The monoisotopic (exact) mass is 298 g/mol. The van der Waals surface area contributed by atoms with Gasteiger partial charge in [0, 0.05) is 16.8 Å². The lowest BCUT2D eigenvalue weighted by atomic mass is 9.61. The highest BCUT2D eigenvalue weighted by atomic mass is 14.6. The smallest absolute Gasteiger partial charge is 0.0308 e. The van der Waals surface area contributed by atoms with Crippen LogP contribution in [0.1, 0.15) is 65.2 Å². The molecule has 120 valence electrons. The Morgan fingerprint density at radius 1 is 0.955 bits per heavy atom. The van der Waals surface area contributed by atoms with Crippen molar-refractivity contribution in [3.05, 3.63) is 46.8 Å². The number of nitrogens with two attached hydrogens (primary N) is 2. The molecule has 2 nitrogen and oxygen atoms in total. The summed E-state index contributed by atoms with van der Waals surface area (Å²) in [7, 11) is 0. The number of hydrogen-bond acceptors (Lipinski definition) is 2. The number of rotatable bonds is 2. The van der Waals surface area contributed by atoms with Crippen molar-refractivity contribution >= 4 is 0 Å². The largest absolute Gasteiger partial charge is 0.402 e. The topological polar surface area (TPSA) is 52.0 Å². The zero-order valence-electron chi connectivity index (χ0n) is 14.1. The lowest BCUT2D eigenvalue weighted by Gasteiger charge is -2.44. The Balaban J connectivity index is 1.95. The summed E-state index contributed by atoms with van der Waals surface area (Å²) in [6, 6.07) is 0. The van der Waals surface area contributed by atoms with Crippen LogP contribution in [0.15, 0.2) is 46.8 Å². The van der Waals surface area contributed by atoms with E-state index in [2.05, 4.69) is 38.2 Å². The molecule has 0 aromatic rings. The maximum atomic E-state index is 6.46. The molecule has 2 heteroatoms. The van der Waals surface area contributed by atoms with Gasteiger partial charge in [-0.1, -0.05) is 32.1 Å². The molecule has 0 amide bonds. The Labute approximate surface area is 135 Å². The molecule has 0 saturated heterocycles. The third-order valence-corrected chi connectivity index (χ3v) is 6.08. The summed E-state index contributed by atoms with van der Waals surface area (Å²) in [6.45, 7) is 4.77. The predicted octanol–water partition coefficient (Wildman–Crippen LogP) is 4.70. The minimum absolute atomic E-state index is 0.157. The van der Waals surface area contributed by atoms with Crippen LogP contribution in [0.5, 0.6) is 0 Å². The van der Waals surface area contributed by atoms with E-state index in [4.69, 9.17) is 11.5 Å². The van der Waals surface area contributed by atoms with Crippen molar-refractivity contribution in [2.24, 2.45) is 22.3 Å². The average Bonchev–Trinajstić information content (AvgIpc) is 2.51. The molecule has 22 heavy (non-hydrogen) atoms. The molecule has 0 bridgehead atoms. The van der Waals surface area contributed by atoms with Gasteiger partial charge >= 0.3 is 0 Å². The van der Waals surface area contributed by atoms with E-state index < -0.39 is 0 Å². The van der Waals surface area contributed by atoms with Crippen molar-refractivity contribution in [1.82, 2.24) is 0 Å². The van der Waals surface area contributed by atoms with E-state index in [0.29, 0.717) is 0 Å². The molecule has 3 aliphatic carbocycles. The van der Waals surface area contributed by atoms with Crippen LogP contribution in [0.2, 0.25) is 0 Å². The van der Waals surface area contributed by atoms with Crippen molar-refractivity contribution < 1.29 is 0 Å². The molecule has 2 atom stereocenters. The summed E-state index contributed by atoms with van der Waals surface area (Å²) >= 11 is 0. The molecule has 4 N–H and O–H groups in total. The molecule has 0 heterocycles. The zero-order chi connectivity index (χ0) is 15.8. The molecule has 0 fully saturated rings. The Morgan fingerprint density at radius 2 is 1.77 bits per heavy atom. The highest BCUT2D eigenvalue weighted by molar-refractivity contribution is 5.37. The fourth-order valence-corrected chi connectivity index (χ4v) is 4.58. The first kappa shape index (κ1) is 15.5. The molecule has 2 unspecified atom stereocenters. The van der Waals surface area contributed by atoms with Gasteiger partial charge in [-0.25, -0.2) is 0 Å². The van der Waals surface area contributed by atoms with Crippen LogP contribution in [0.3, 0.4) is 0 Å². The minimum Gasteiger partial charge on any atom is -0.402 e. The van der Waals surface area contributed by atoms with E-state index in [0.717, 1.165) is 43.5 Å². The summed E-state index contributed by atoms with van der Waals surface area (Å²) in [5.74, 6) is 0. The Kier molecular flexibility index (Phi) is 3.96. The van der Waals surface area contributed by atoms with E-state index in [9.17, 15) is 0 Å². The zero-order valence-corrected chi connectivity index (χ0v) is 14.1. The second kappa shape index (κ2) is 5.64. The van der Waals surface area contributed by atoms with Crippen LogP contribution >= 0.6 is 0 Å². The van der Waals surface area contributed by atoms with Gasteiger partial charge in [0.15, 0.2) is 0 Å². The predicted molar refractivity (Wildman–Crippen MR) is 93.9 cm³/mol. The summed E-state index contributed by atoms with van der Waals surface area (Å²) in [5, 5.41) is 0. The summed E-state index contributed by atoms with van der Waals surface area (Å²) < 4.78 is 0. The molecular formula is C20H30N2.